The van der Waals surface area contributed by atoms with Gasteiger partial charge in [-0.2, -0.15) is 0 Å². The maximum absolute atomic E-state index is 13.2. The summed E-state index contributed by atoms with van der Waals surface area (Å²) in [7, 11) is 1.62. The summed E-state index contributed by atoms with van der Waals surface area (Å²) in [5.41, 5.74) is 0.918. The summed E-state index contributed by atoms with van der Waals surface area (Å²) in [6, 6.07) is 5.16. The van der Waals surface area contributed by atoms with Gasteiger partial charge in [-0.1, -0.05) is 0 Å². The van der Waals surface area contributed by atoms with Crippen LogP contribution in [0.4, 0.5) is 4.39 Å². The molecule has 17 heavy (non-hydrogen) atoms. The molecule has 94 valence electrons. The second-order valence-electron chi connectivity index (χ2n) is 4.48. The predicted molar refractivity (Wildman–Crippen MR) is 65.7 cm³/mol. The van der Waals surface area contributed by atoms with Crippen molar-refractivity contribution in [2.24, 2.45) is 0 Å². The van der Waals surface area contributed by atoms with Crippen molar-refractivity contribution in [2.45, 2.75) is 19.5 Å². The van der Waals surface area contributed by atoms with Crippen LogP contribution in [-0.4, -0.2) is 37.7 Å². The summed E-state index contributed by atoms with van der Waals surface area (Å²) in [6.45, 7) is 5.88. The van der Waals surface area contributed by atoms with E-state index in [4.69, 9.17) is 4.74 Å². The van der Waals surface area contributed by atoms with E-state index in [1.165, 1.54) is 6.07 Å². The summed E-state index contributed by atoms with van der Waals surface area (Å²) >= 11 is 0. The molecule has 4 heteroatoms. The average Bonchev–Trinajstić information content (AvgIpc) is 2.32. The largest absolute Gasteiger partial charge is 0.496 e. The third-order valence-corrected chi connectivity index (χ3v) is 3.25. The Hall–Kier alpha value is -1.13. The molecule has 1 atom stereocenters. The van der Waals surface area contributed by atoms with E-state index in [0.29, 0.717) is 6.04 Å². The van der Waals surface area contributed by atoms with Gasteiger partial charge in [0.2, 0.25) is 0 Å². The number of nitrogens with zero attached hydrogens (tertiary/aromatic N) is 1. The van der Waals surface area contributed by atoms with Gasteiger partial charge < -0.3 is 10.1 Å². The summed E-state index contributed by atoms with van der Waals surface area (Å²) in [4.78, 5) is 2.34. The van der Waals surface area contributed by atoms with Crippen LogP contribution in [0.2, 0.25) is 0 Å². The number of hydrogen-bond donors (Lipinski definition) is 1. The fourth-order valence-electron chi connectivity index (χ4n) is 2.21. The topological polar surface area (TPSA) is 24.5 Å². The molecule has 0 bridgehead atoms. The quantitative estimate of drug-likeness (QED) is 0.866. The predicted octanol–water partition coefficient (Wildman–Crippen LogP) is 1.63. The van der Waals surface area contributed by atoms with Gasteiger partial charge in [0, 0.05) is 37.8 Å². The number of rotatable bonds is 3. The van der Waals surface area contributed by atoms with Crippen molar-refractivity contribution in [3.05, 3.63) is 29.6 Å². The number of methoxy groups -OCH3 is 1. The van der Waals surface area contributed by atoms with Crippen LogP contribution < -0.4 is 10.1 Å². The van der Waals surface area contributed by atoms with Crippen molar-refractivity contribution in [3.8, 4) is 5.75 Å². The van der Waals surface area contributed by atoms with Gasteiger partial charge in [-0.15, -0.1) is 0 Å². The van der Waals surface area contributed by atoms with Crippen molar-refractivity contribution in [1.82, 2.24) is 10.2 Å². The van der Waals surface area contributed by atoms with E-state index in [2.05, 4.69) is 17.1 Å². The van der Waals surface area contributed by atoms with Crippen molar-refractivity contribution >= 4 is 0 Å². The molecule has 2 rings (SSSR count). The lowest BCUT2D eigenvalue weighted by molar-refractivity contribution is 0.164. The fourth-order valence-corrected chi connectivity index (χ4v) is 2.21. The SMILES string of the molecule is COc1ccc(F)cc1CN1CCNC[C@H]1C. The second-order valence-corrected chi connectivity index (χ2v) is 4.48. The molecule has 1 aromatic carbocycles. The summed E-state index contributed by atoms with van der Waals surface area (Å²) in [5, 5.41) is 3.34. The third-order valence-electron chi connectivity index (χ3n) is 3.25. The number of hydrogen-bond acceptors (Lipinski definition) is 3. The standard InChI is InChI=1S/C13H19FN2O/c1-10-8-15-5-6-16(10)9-11-7-12(14)3-4-13(11)17-2/h3-4,7,10,15H,5-6,8-9H2,1-2H3/t10-/m1/s1. The van der Waals surface area contributed by atoms with Crippen LogP contribution in [0, 0.1) is 5.82 Å². The van der Waals surface area contributed by atoms with Gasteiger partial charge in [-0.25, -0.2) is 4.39 Å². The Labute approximate surface area is 102 Å². The Morgan fingerprint density at radius 1 is 1.53 bits per heavy atom. The Morgan fingerprint density at radius 2 is 2.35 bits per heavy atom. The Balaban J connectivity index is 2.13. The number of halogens is 1. The second kappa shape index (κ2) is 5.47. The molecule has 1 aliphatic heterocycles. The van der Waals surface area contributed by atoms with Crippen LogP contribution in [-0.2, 0) is 6.54 Å². The minimum atomic E-state index is -0.205. The first-order chi connectivity index (χ1) is 8.20. The van der Waals surface area contributed by atoms with E-state index < -0.39 is 0 Å². The maximum Gasteiger partial charge on any atom is 0.123 e. The molecule has 0 saturated carbocycles. The molecular weight excluding hydrogens is 219 g/mol. The van der Waals surface area contributed by atoms with Crippen molar-refractivity contribution in [3.63, 3.8) is 0 Å². The molecular formula is C13H19FN2O. The summed E-state index contributed by atoms with van der Waals surface area (Å²) in [5.74, 6) is 0.556. The molecule has 1 heterocycles. The first-order valence-electron chi connectivity index (χ1n) is 5.98. The van der Waals surface area contributed by atoms with E-state index in [-0.39, 0.29) is 5.82 Å². The van der Waals surface area contributed by atoms with Crippen molar-refractivity contribution < 1.29 is 9.13 Å². The fraction of sp³-hybridized carbons (Fsp3) is 0.538. The summed E-state index contributed by atoms with van der Waals surface area (Å²) < 4.78 is 18.5. The van der Waals surface area contributed by atoms with E-state index in [9.17, 15) is 4.39 Å². The summed E-state index contributed by atoms with van der Waals surface area (Å²) in [6.07, 6.45) is 0. The van der Waals surface area contributed by atoms with Crippen LogP contribution >= 0.6 is 0 Å². The first kappa shape index (κ1) is 12.3. The lowest BCUT2D eigenvalue weighted by atomic mass is 10.1. The van der Waals surface area contributed by atoms with E-state index in [1.807, 2.05) is 0 Å². The smallest absolute Gasteiger partial charge is 0.123 e. The van der Waals surface area contributed by atoms with Gasteiger partial charge in [-0.05, 0) is 25.1 Å². The molecule has 3 nitrogen and oxygen atoms in total. The van der Waals surface area contributed by atoms with Crippen LogP contribution in [0.15, 0.2) is 18.2 Å². The minimum Gasteiger partial charge on any atom is -0.496 e. The molecule has 0 unspecified atom stereocenters. The zero-order chi connectivity index (χ0) is 12.3. The van der Waals surface area contributed by atoms with Crippen molar-refractivity contribution in [1.29, 1.82) is 0 Å². The molecule has 0 aromatic heterocycles. The van der Waals surface area contributed by atoms with E-state index in [0.717, 1.165) is 37.5 Å². The van der Waals surface area contributed by atoms with Gasteiger partial charge in [0.05, 0.1) is 7.11 Å². The Bertz CT molecular complexity index is 384. The zero-order valence-electron chi connectivity index (χ0n) is 10.4. The van der Waals surface area contributed by atoms with Gasteiger partial charge in [0.1, 0.15) is 11.6 Å². The molecule has 1 N–H and O–H groups in total. The number of piperazine rings is 1. The number of benzene rings is 1. The van der Waals surface area contributed by atoms with Gasteiger partial charge in [0.25, 0.3) is 0 Å². The molecule has 1 aliphatic rings. The molecule has 0 amide bonds. The van der Waals surface area contributed by atoms with Gasteiger partial charge in [-0.3, -0.25) is 4.90 Å². The van der Waals surface area contributed by atoms with Crippen molar-refractivity contribution in [2.75, 3.05) is 26.7 Å². The highest BCUT2D eigenvalue weighted by Gasteiger charge is 2.19. The minimum absolute atomic E-state index is 0.205. The molecule has 0 radical (unpaired) electrons. The normalized spacial score (nSPS) is 21.5. The van der Waals surface area contributed by atoms with E-state index in [1.54, 1.807) is 19.2 Å². The highest BCUT2D eigenvalue weighted by atomic mass is 19.1. The number of nitrogens with one attached hydrogen (secondary N) is 1. The Morgan fingerprint density at radius 3 is 3.06 bits per heavy atom. The van der Waals surface area contributed by atoms with Gasteiger partial charge in [0.15, 0.2) is 0 Å². The zero-order valence-corrected chi connectivity index (χ0v) is 10.4. The van der Waals surface area contributed by atoms with E-state index >= 15 is 0 Å². The number of ether oxygens (including phenoxy) is 1. The van der Waals surface area contributed by atoms with Gasteiger partial charge >= 0.3 is 0 Å². The molecule has 1 saturated heterocycles. The van der Waals surface area contributed by atoms with Crippen LogP contribution in [0.3, 0.4) is 0 Å². The lowest BCUT2D eigenvalue weighted by Gasteiger charge is -2.34. The molecule has 1 aromatic rings. The maximum atomic E-state index is 13.2. The third kappa shape index (κ3) is 2.96. The monoisotopic (exact) mass is 238 g/mol. The first-order valence-corrected chi connectivity index (χ1v) is 5.98. The highest BCUT2D eigenvalue weighted by molar-refractivity contribution is 5.33. The van der Waals surface area contributed by atoms with Crippen LogP contribution in [0.5, 0.6) is 5.75 Å². The molecule has 1 fully saturated rings. The Kier molecular flexibility index (Phi) is 3.97. The average molecular weight is 238 g/mol. The molecule has 0 aliphatic carbocycles. The van der Waals surface area contributed by atoms with Crippen LogP contribution in [0.1, 0.15) is 12.5 Å². The molecule has 0 spiro atoms. The lowest BCUT2D eigenvalue weighted by Crippen LogP contribution is -2.49. The highest BCUT2D eigenvalue weighted by Crippen LogP contribution is 2.22. The van der Waals surface area contributed by atoms with Crippen LogP contribution in [0.25, 0.3) is 0 Å².